The maximum absolute atomic E-state index is 13.6. The lowest BCUT2D eigenvalue weighted by Gasteiger charge is -2.05. The zero-order valence-corrected chi connectivity index (χ0v) is 10.1. The van der Waals surface area contributed by atoms with Gasteiger partial charge in [0.25, 0.3) is 0 Å². The zero-order valence-electron chi connectivity index (χ0n) is 8.49. The highest BCUT2D eigenvalue weighted by atomic mass is 79.9. The molecule has 0 N–H and O–H groups in total. The number of benzene rings is 1. The van der Waals surface area contributed by atoms with Crippen LogP contribution in [0.15, 0.2) is 29.0 Å². The first-order valence-electron chi connectivity index (χ1n) is 4.67. The van der Waals surface area contributed by atoms with E-state index in [-0.39, 0.29) is 12.1 Å². The maximum Gasteiger partial charge on any atom is 0.153 e. The molecule has 1 heterocycles. The van der Waals surface area contributed by atoms with Gasteiger partial charge in [-0.3, -0.25) is 0 Å². The Kier molecular flexibility index (Phi) is 3.20. The molecule has 2 aromatic rings. The number of nitrogens with zero attached hydrogens (tertiary/aromatic N) is 3. The smallest absolute Gasteiger partial charge is 0.153 e. The molecule has 0 fully saturated rings. The molecule has 86 valence electrons. The van der Waals surface area contributed by atoms with Crippen LogP contribution < -0.4 is 0 Å². The minimum absolute atomic E-state index is 0.153. The molecule has 0 amide bonds. The number of aromatic nitrogens is 2. The lowest BCUT2D eigenvalue weighted by Crippen LogP contribution is -2.02. The fourth-order valence-electron chi connectivity index (χ4n) is 1.42. The van der Waals surface area contributed by atoms with Crippen molar-refractivity contribution < 1.29 is 8.78 Å². The van der Waals surface area contributed by atoms with E-state index in [0.29, 0.717) is 10.0 Å². The van der Waals surface area contributed by atoms with E-state index >= 15 is 0 Å². The predicted molar refractivity (Wildman–Crippen MR) is 60.5 cm³/mol. The third kappa shape index (κ3) is 2.34. The Bertz CT molecular complexity index is 578. The standard InChI is InChI=1S/C11H6BrF2N3/c12-8-3-9(13)11(10(14)4-8)17-6-7(1-2-15)5-16-17/h3-6H,1H2. The summed E-state index contributed by atoms with van der Waals surface area (Å²) in [6.45, 7) is 0. The number of rotatable bonds is 2. The average Bonchev–Trinajstić information content (AvgIpc) is 2.65. The Labute approximate surface area is 104 Å². The molecular weight excluding hydrogens is 292 g/mol. The van der Waals surface area contributed by atoms with Crippen molar-refractivity contribution in [3.8, 4) is 11.8 Å². The Hall–Kier alpha value is -1.74. The Morgan fingerprint density at radius 1 is 1.35 bits per heavy atom. The number of hydrogen-bond donors (Lipinski definition) is 0. The fraction of sp³-hybridized carbons (Fsp3) is 0.0909. The third-order valence-electron chi connectivity index (χ3n) is 2.13. The van der Waals surface area contributed by atoms with Gasteiger partial charge in [0, 0.05) is 16.2 Å². The summed E-state index contributed by atoms with van der Waals surface area (Å²) in [6, 6.07) is 4.25. The van der Waals surface area contributed by atoms with Crippen LogP contribution in [0.3, 0.4) is 0 Å². The van der Waals surface area contributed by atoms with E-state index in [4.69, 9.17) is 5.26 Å². The third-order valence-corrected chi connectivity index (χ3v) is 2.59. The van der Waals surface area contributed by atoms with Gasteiger partial charge in [-0.15, -0.1) is 0 Å². The summed E-state index contributed by atoms with van der Waals surface area (Å²) in [4.78, 5) is 0. The zero-order chi connectivity index (χ0) is 12.4. The van der Waals surface area contributed by atoms with E-state index in [0.717, 1.165) is 16.8 Å². The van der Waals surface area contributed by atoms with Crippen molar-refractivity contribution in [2.75, 3.05) is 0 Å². The van der Waals surface area contributed by atoms with Crippen LogP contribution >= 0.6 is 15.9 Å². The molecule has 0 spiro atoms. The minimum atomic E-state index is -0.719. The number of nitriles is 1. The second-order valence-electron chi connectivity index (χ2n) is 3.35. The van der Waals surface area contributed by atoms with Gasteiger partial charge < -0.3 is 0 Å². The van der Waals surface area contributed by atoms with Crippen molar-refractivity contribution in [1.82, 2.24) is 9.78 Å². The summed E-state index contributed by atoms with van der Waals surface area (Å²) in [7, 11) is 0. The van der Waals surface area contributed by atoms with Gasteiger partial charge in [0.2, 0.25) is 0 Å². The molecule has 0 radical (unpaired) electrons. The Morgan fingerprint density at radius 2 is 2.00 bits per heavy atom. The monoisotopic (exact) mass is 297 g/mol. The van der Waals surface area contributed by atoms with Crippen molar-refractivity contribution in [3.63, 3.8) is 0 Å². The van der Waals surface area contributed by atoms with Gasteiger partial charge in [-0.05, 0) is 12.1 Å². The SMILES string of the molecule is N#CCc1cnn(-c2c(F)cc(Br)cc2F)c1. The van der Waals surface area contributed by atoms with Crippen LogP contribution in [0, 0.1) is 23.0 Å². The molecule has 0 aliphatic heterocycles. The normalized spacial score (nSPS) is 10.2. The minimum Gasteiger partial charge on any atom is -0.235 e. The molecule has 0 atom stereocenters. The van der Waals surface area contributed by atoms with Gasteiger partial charge in [-0.1, -0.05) is 15.9 Å². The maximum atomic E-state index is 13.6. The molecule has 6 heteroatoms. The van der Waals surface area contributed by atoms with E-state index in [1.54, 1.807) is 0 Å². The summed E-state index contributed by atoms with van der Waals surface area (Å²) >= 11 is 3.00. The van der Waals surface area contributed by atoms with Crippen LogP contribution in [0.5, 0.6) is 0 Å². The van der Waals surface area contributed by atoms with Gasteiger partial charge in [0.05, 0.1) is 18.7 Å². The molecule has 1 aromatic heterocycles. The van der Waals surface area contributed by atoms with Crippen LogP contribution in [0.2, 0.25) is 0 Å². The highest BCUT2D eigenvalue weighted by molar-refractivity contribution is 9.10. The van der Waals surface area contributed by atoms with Crippen molar-refractivity contribution >= 4 is 15.9 Å². The van der Waals surface area contributed by atoms with Crippen molar-refractivity contribution in [2.45, 2.75) is 6.42 Å². The van der Waals surface area contributed by atoms with Gasteiger partial charge in [-0.25, -0.2) is 13.5 Å². The summed E-state index contributed by atoms with van der Waals surface area (Å²) in [5, 5.41) is 12.3. The van der Waals surface area contributed by atoms with E-state index in [1.807, 2.05) is 6.07 Å². The van der Waals surface area contributed by atoms with Gasteiger partial charge >= 0.3 is 0 Å². The molecule has 0 bridgehead atoms. The largest absolute Gasteiger partial charge is 0.235 e. The Morgan fingerprint density at radius 3 is 2.59 bits per heavy atom. The molecule has 3 nitrogen and oxygen atoms in total. The Balaban J connectivity index is 2.49. The van der Waals surface area contributed by atoms with Crippen LogP contribution in [-0.4, -0.2) is 9.78 Å². The van der Waals surface area contributed by atoms with E-state index in [2.05, 4.69) is 21.0 Å². The molecule has 0 saturated heterocycles. The predicted octanol–water partition coefficient (Wildman–Crippen LogP) is 2.98. The van der Waals surface area contributed by atoms with Crippen LogP contribution in [0.1, 0.15) is 5.56 Å². The van der Waals surface area contributed by atoms with Crippen LogP contribution in [-0.2, 0) is 6.42 Å². The summed E-state index contributed by atoms with van der Waals surface area (Å²) < 4.78 is 28.6. The van der Waals surface area contributed by atoms with Gasteiger partial charge in [0.15, 0.2) is 11.6 Å². The second kappa shape index (κ2) is 4.63. The van der Waals surface area contributed by atoms with E-state index in [9.17, 15) is 8.78 Å². The number of halogens is 3. The molecule has 0 unspecified atom stereocenters. The summed E-state index contributed by atoms with van der Waals surface area (Å²) in [5.41, 5.74) is 0.353. The van der Waals surface area contributed by atoms with Gasteiger partial charge in [-0.2, -0.15) is 10.4 Å². The first-order valence-corrected chi connectivity index (χ1v) is 5.46. The molecule has 17 heavy (non-hydrogen) atoms. The second-order valence-corrected chi connectivity index (χ2v) is 4.26. The molecule has 0 saturated carbocycles. The molecular formula is C11H6BrF2N3. The molecule has 1 aromatic carbocycles. The topological polar surface area (TPSA) is 41.6 Å². The van der Waals surface area contributed by atoms with Gasteiger partial charge in [0.1, 0.15) is 5.69 Å². The number of hydrogen-bond acceptors (Lipinski definition) is 2. The van der Waals surface area contributed by atoms with Crippen LogP contribution in [0.4, 0.5) is 8.78 Å². The first-order chi connectivity index (χ1) is 8.11. The van der Waals surface area contributed by atoms with Crippen molar-refractivity contribution in [3.05, 3.63) is 46.2 Å². The highest BCUT2D eigenvalue weighted by Gasteiger charge is 2.13. The fourth-order valence-corrected chi connectivity index (χ4v) is 1.82. The molecule has 0 aliphatic rings. The van der Waals surface area contributed by atoms with Crippen molar-refractivity contribution in [1.29, 1.82) is 5.26 Å². The first kappa shape index (κ1) is 11.7. The van der Waals surface area contributed by atoms with Crippen LogP contribution in [0.25, 0.3) is 5.69 Å². The average molecular weight is 298 g/mol. The lowest BCUT2D eigenvalue weighted by molar-refractivity contribution is 0.558. The summed E-state index contributed by atoms with van der Waals surface area (Å²) in [5.74, 6) is -1.44. The van der Waals surface area contributed by atoms with E-state index in [1.165, 1.54) is 12.4 Å². The molecule has 0 aliphatic carbocycles. The summed E-state index contributed by atoms with van der Waals surface area (Å²) in [6.07, 6.45) is 2.99. The van der Waals surface area contributed by atoms with E-state index < -0.39 is 11.6 Å². The molecule has 2 rings (SSSR count). The lowest BCUT2D eigenvalue weighted by atomic mass is 10.2. The van der Waals surface area contributed by atoms with Crippen molar-refractivity contribution in [2.24, 2.45) is 0 Å². The highest BCUT2D eigenvalue weighted by Crippen LogP contribution is 2.22. The quantitative estimate of drug-likeness (QED) is 0.855.